The van der Waals surface area contributed by atoms with Gasteiger partial charge in [-0.05, 0) is 55.2 Å². The van der Waals surface area contributed by atoms with Gasteiger partial charge in [0.1, 0.15) is 6.10 Å². The Morgan fingerprint density at radius 2 is 2.00 bits per heavy atom. The Labute approximate surface area is 181 Å². The van der Waals surface area contributed by atoms with Gasteiger partial charge in [0, 0.05) is 44.3 Å². The van der Waals surface area contributed by atoms with Crippen LogP contribution in [-0.2, 0) is 9.53 Å². The van der Waals surface area contributed by atoms with Crippen molar-refractivity contribution in [1.29, 1.82) is 0 Å². The zero-order valence-electron chi connectivity index (χ0n) is 18.8. The van der Waals surface area contributed by atoms with Crippen molar-refractivity contribution in [3.63, 3.8) is 0 Å². The van der Waals surface area contributed by atoms with Crippen molar-refractivity contribution in [2.45, 2.75) is 52.6 Å². The van der Waals surface area contributed by atoms with E-state index in [-0.39, 0.29) is 29.3 Å². The van der Waals surface area contributed by atoms with Gasteiger partial charge in [-0.3, -0.25) is 9.69 Å². The van der Waals surface area contributed by atoms with Crippen LogP contribution in [0.3, 0.4) is 0 Å². The molecule has 2 saturated heterocycles. The number of ether oxygens (including phenoxy) is 1. The van der Waals surface area contributed by atoms with Gasteiger partial charge in [0.15, 0.2) is 0 Å². The van der Waals surface area contributed by atoms with Crippen LogP contribution in [0.15, 0.2) is 35.9 Å². The summed E-state index contributed by atoms with van der Waals surface area (Å²) in [4.78, 5) is 17.8. The summed E-state index contributed by atoms with van der Waals surface area (Å²) in [5.41, 5.74) is 4.48. The molecule has 1 saturated carbocycles. The summed E-state index contributed by atoms with van der Waals surface area (Å²) in [6.45, 7) is 11.8. The first-order chi connectivity index (χ1) is 14.4. The lowest BCUT2D eigenvalue weighted by molar-refractivity contribution is -0.145. The highest BCUT2D eigenvalue weighted by Crippen LogP contribution is 2.54. The smallest absolute Gasteiger partial charge is 0.311 e. The Morgan fingerprint density at radius 3 is 2.77 bits per heavy atom. The summed E-state index contributed by atoms with van der Waals surface area (Å²) in [5, 5.41) is 0. The number of esters is 1. The average molecular weight is 409 g/mol. The Morgan fingerprint density at radius 1 is 1.20 bits per heavy atom. The molecule has 3 fully saturated rings. The molecule has 4 aliphatic rings. The molecule has 4 heteroatoms. The molecule has 0 bridgehead atoms. The van der Waals surface area contributed by atoms with Crippen molar-refractivity contribution < 1.29 is 9.53 Å². The predicted molar refractivity (Wildman–Crippen MR) is 121 cm³/mol. The third-order valence-electron chi connectivity index (χ3n) is 8.28. The van der Waals surface area contributed by atoms with Gasteiger partial charge in [0.2, 0.25) is 0 Å². The van der Waals surface area contributed by atoms with E-state index < -0.39 is 0 Å². The topological polar surface area (TPSA) is 32.8 Å². The number of carbonyl (C=O) groups is 1. The molecule has 30 heavy (non-hydrogen) atoms. The van der Waals surface area contributed by atoms with E-state index in [2.05, 4.69) is 60.9 Å². The van der Waals surface area contributed by atoms with Crippen molar-refractivity contribution in [1.82, 2.24) is 4.90 Å². The quantitative estimate of drug-likeness (QED) is 0.547. The molecule has 5 rings (SSSR count). The molecule has 0 unspecified atom stereocenters. The lowest BCUT2D eigenvalue weighted by atomic mass is 9.59. The first kappa shape index (κ1) is 20.1. The normalized spacial score (nSPS) is 36.7. The van der Waals surface area contributed by atoms with Crippen LogP contribution < -0.4 is 4.90 Å². The molecule has 0 radical (unpaired) electrons. The number of piperazine rings is 1. The zero-order chi connectivity index (χ0) is 20.9. The number of nitrogens with zero attached hydrogens (tertiary/aromatic N) is 2. The van der Waals surface area contributed by atoms with Crippen molar-refractivity contribution in [2.24, 2.45) is 23.2 Å². The molecular formula is C26H36N2O2. The third kappa shape index (κ3) is 3.57. The fourth-order valence-electron chi connectivity index (χ4n) is 6.55. The Kier molecular flexibility index (Phi) is 5.17. The second-order valence-electron chi connectivity index (χ2n) is 10.5. The number of allylic oxidation sites excluding steroid dienone is 1. The van der Waals surface area contributed by atoms with Crippen LogP contribution in [0, 0.1) is 30.1 Å². The lowest BCUT2D eigenvalue weighted by Crippen LogP contribution is -2.49. The van der Waals surface area contributed by atoms with Gasteiger partial charge in [-0.15, -0.1) is 0 Å². The highest BCUT2D eigenvalue weighted by atomic mass is 16.6. The number of aryl methyl sites for hydroxylation is 1. The summed E-state index contributed by atoms with van der Waals surface area (Å²) in [6, 6.07) is 8.77. The average Bonchev–Trinajstić information content (AvgIpc) is 3.01. The van der Waals surface area contributed by atoms with Crippen LogP contribution in [0.25, 0.3) is 0 Å². The van der Waals surface area contributed by atoms with Gasteiger partial charge < -0.3 is 9.64 Å². The second kappa shape index (κ2) is 7.71. The SMILES string of the molecule is Cc1cccc(N2CCN(C[C@@H]3C(=O)O[C@@H]4C[C@@]5(C)CCC[C@H](C)C5=C[C@@H]34)CC2)c1. The van der Waals surface area contributed by atoms with E-state index in [0.29, 0.717) is 5.92 Å². The molecule has 2 aliphatic heterocycles. The monoisotopic (exact) mass is 408 g/mol. The highest BCUT2D eigenvalue weighted by Gasteiger charge is 2.52. The van der Waals surface area contributed by atoms with Gasteiger partial charge in [0.05, 0.1) is 5.92 Å². The lowest BCUT2D eigenvalue weighted by Gasteiger charge is -2.46. The van der Waals surface area contributed by atoms with Crippen molar-refractivity contribution in [3.05, 3.63) is 41.5 Å². The number of fused-ring (bicyclic) bond motifs is 2. The fraction of sp³-hybridized carbons (Fsp3) is 0.654. The zero-order valence-corrected chi connectivity index (χ0v) is 18.8. The van der Waals surface area contributed by atoms with Crippen LogP contribution in [0.1, 0.15) is 45.1 Å². The largest absolute Gasteiger partial charge is 0.461 e. The Bertz CT molecular complexity index is 841. The summed E-state index contributed by atoms with van der Waals surface area (Å²) >= 11 is 0. The molecule has 162 valence electrons. The number of carbonyl (C=O) groups excluding carboxylic acids is 1. The standard InChI is InChI=1S/C26H36N2O2/c1-18-6-4-8-20(14-18)28-12-10-27(11-13-28)17-22-21-15-23-19(2)7-5-9-26(23,3)16-24(21)30-25(22)29/h4,6,8,14-15,19,21-22,24H,5,7,9-13,16-17H2,1-3H3/t19-,21-,22-,24+,26+/m0/s1. The third-order valence-corrected chi connectivity index (χ3v) is 8.28. The molecule has 5 atom stereocenters. The second-order valence-corrected chi connectivity index (χ2v) is 10.5. The molecule has 1 aromatic rings. The molecule has 2 aliphatic carbocycles. The summed E-state index contributed by atoms with van der Waals surface area (Å²) in [6.07, 6.45) is 7.44. The maximum atomic E-state index is 12.8. The van der Waals surface area contributed by atoms with E-state index in [1.54, 1.807) is 5.57 Å². The molecule has 0 aromatic heterocycles. The highest BCUT2D eigenvalue weighted by molar-refractivity contribution is 5.76. The summed E-state index contributed by atoms with van der Waals surface area (Å²) in [7, 11) is 0. The van der Waals surface area contributed by atoms with Gasteiger partial charge in [-0.2, -0.15) is 0 Å². The van der Waals surface area contributed by atoms with Gasteiger partial charge in [0.25, 0.3) is 0 Å². The minimum Gasteiger partial charge on any atom is -0.461 e. The summed E-state index contributed by atoms with van der Waals surface area (Å²) < 4.78 is 5.95. The van der Waals surface area contributed by atoms with E-state index in [4.69, 9.17) is 4.74 Å². The van der Waals surface area contributed by atoms with Crippen LogP contribution in [-0.4, -0.2) is 49.7 Å². The maximum Gasteiger partial charge on any atom is 0.311 e. The minimum atomic E-state index is 0.00620. The molecular weight excluding hydrogens is 372 g/mol. The van der Waals surface area contributed by atoms with Crippen molar-refractivity contribution in [3.8, 4) is 0 Å². The number of anilines is 1. The number of benzene rings is 1. The van der Waals surface area contributed by atoms with E-state index in [1.165, 1.54) is 30.5 Å². The minimum absolute atomic E-state index is 0.00620. The predicted octanol–water partition coefficient (Wildman–Crippen LogP) is 4.43. The number of hydrogen-bond acceptors (Lipinski definition) is 4. The van der Waals surface area contributed by atoms with E-state index in [1.807, 2.05) is 0 Å². The van der Waals surface area contributed by atoms with Crippen LogP contribution in [0.4, 0.5) is 5.69 Å². The summed E-state index contributed by atoms with van der Waals surface area (Å²) in [5.74, 6) is 0.972. The number of rotatable bonds is 3. The van der Waals surface area contributed by atoms with Crippen LogP contribution in [0.2, 0.25) is 0 Å². The van der Waals surface area contributed by atoms with Gasteiger partial charge >= 0.3 is 5.97 Å². The number of hydrogen-bond donors (Lipinski definition) is 0. The molecule has 1 aromatic carbocycles. The molecule has 4 nitrogen and oxygen atoms in total. The van der Waals surface area contributed by atoms with E-state index in [9.17, 15) is 4.79 Å². The molecule has 0 spiro atoms. The maximum absolute atomic E-state index is 12.8. The van der Waals surface area contributed by atoms with E-state index >= 15 is 0 Å². The molecule has 0 amide bonds. The Balaban J connectivity index is 1.26. The first-order valence-electron chi connectivity index (χ1n) is 11.9. The molecule has 2 heterocycles. The van der Waals surface area contributed by atoms with Gasteiger partial charge in [-0.25, -0.2) is 0 Å². The van der Waals surface area contributed by atoms with Crippen molar-refractivity contribution in [2.75, 3.05) is 37.6 Å². The molecule has 0 N–H and O–H groups in total. The van der Waals surface area contributed by atoms with Crippen molar-refractivity contribution >= 4 is 11.7 Å². The Hall–Kier alpha value is -1.81. The van der Waals surface area contributed by atoms with E-state index in [0.717, 1.165) is 39.1 Å². The fourth-order valence-corrected chi connectivity index (χ4v) is 6.55. The van der Waals surface area contributed by atoms with Crippen LogP contribution >= 0.6 is 0 Å². The van der Waals surface area contributed by atoms with Crippen LogP contribution in [0.5, 0.6) is 0 Å². The first-order valence-corrected chi connectivity index (χ1v) is 11.9. The van der Waals surface area contributed by atoms with Gasteiger partial charge in [-0.1, -0.05) is 44.1 Å².